The average Bonchev–Trinajstić information content (AvgIpc) is 2.81. The molecule has 0 unspecified atom stereocenters. The van der Waals surface area contributed by atoms with Crippen molar-refractivity contribution < 1.29 is 33.4 Å². The Balaban J connectivity index is 2.12. The van der Waals surface area contributed by atoms with Crippen LogP contribution in [0.2, 0.25) is 5.02 Å². The lowest BCUT2D eigenvalue weighted by molar-refractivity contribution is -0.159. The van der Waals surface area contributed by atoms with E-state index in [0.29, 0.717) is 29.8 Å². The minimum Gasteiger partial charge on any atom is -0.444 e. The van der Waals surface area contributed by atoms with Crippen LogP contribution in [0.3, 0.4) is 0 Å². The molecule has 0 bridgehead atoms. The predicted octanol–water partition coefficient (Wildman–Crippen LogP) is 5.53. The van der Waals surface area contributed by atoms with E-state index in [1.54, 1.807) is 45.0 Å². The number of carbonyl (C=O) groups excluding carboxylic acids is 4. The van der Waals surface area contributed by atoms with Crippen LogP contribution < -0.4 is 0 Å². The number of halogens is 1. The topological polar surface area (TPSA) is 102 Å². The van der Waals surface area contributed by atoms with Gasteiger partial charge in [-0.25, -0.2) is 14.4 Å². The number of likely N-dealkylation sites (N-methyl/N-ethyl adjacent to an activating group) is 2. The minimum atomic E-state index is -1.27. The molecule has 206 valence electrons. The summed E-state index contributed by atoms with van der Waals surface area (Å²) in [5.41, 5.74) is -1.46. The molecule has 2 atom stereocenters. The summed E-state index contributed by atoms with van der Waals surface area (Å²) < 4.78 is 15.9. The summed E-state index contributed by atoms with van der Waals surface area (Å²) >= 11 is 6.44. The first-order valence-corrected chi connectivity index (χ1v) is 12.9. The largest absolute Gasteiger partial charge is 0.444 e. The number of benzene rings is 1. The zero-order valence-corrected chi connectivity index (χ0v) is 23.6. The van der Waals surface area contributed by atoms with E-state index in [0.717, 1.165) is 12.8 Å². The molecule has 0 aliphatic heterocycles. The number of nitrogens with zero attached hydrogens (tertiary/aromatic N) is 2. The van der Waals surface area contributed by atoms with E-state index in [-0.39, 0.29) is 11.7 Å². The highest BCUT2D eigenvalue weighted by Gasteiger charge is 2.48. The molecule has 0 saturated heterocycles. The van der Waals surface area contributed by atoms with Crippen molar-refractivity contribution in [3.8, 4) is 0 Å². The second-order valence-electron chi connectivity index (χ2n) is 10.8. The van der Waals surface area contributed by atoms with Crippen molar-refractivity contribution in [1.82, 2.24) is 9.80 Å². The molecular formula is C27H39ClN2O7. The number of amides is 2. The Labute approximate surface area is 224 Å². The van der Waals surface area contributed by atoms with Crippen molar-refractivity contribution in [2.45, 2.75) is 83.9 Å². The van der Waals surface area contributed by atoms with Crippen LogP contribution in [-0.2, 0) is 29.3 Å². The predicted molar refractivity (Wildman–Crippen MR) is 139 cm³/mol. The number of esters is 1. The summed E-state index contributed by atoms with van der Waals surface area (Å²) in [5, 5.41) is 0.380. The summed E-state index contributed by atoms with van der Waals surface area (Å²) in [6.45, 7) is 8.34. The van der Waals surface area contributed by atoms with Gasteiger partial charge in [-0.2, -0.15) is 0 Å². The SMILES string of the molecule is CC(C)C[C@@H](C(=O)OCOC(=O)N(C)[C@]1(c2ccccc2Cl)CCCCC1=O)N(C)C(=O)OC(C)(C)C. The molecule has 0 aromatic heterocycles. The monoisotopic (exact) mass is 538 g/mol. The Morgan fingerprint density at radius 3 is 2.27 bits per heavy atom. The van der Waals surface area contributed by atoms with Gasteiger partial charge in [0.1, 0.15) is 17.2 Å². The summed E-state index contributed by atoms with van der Waals surface area (Å²) in [7, 11) is 2.94. The minimum absolute atomic E-state index is 0.0731. The first-order valence-electron chi connectivity index (χ1n) is 12.5. The lowest BCUT2D eigenvalue weighted by Crippen LogP contribution is -2.54. The number of hydrogen-bond acceptors (Lipinski definition) is 7. The van der Waals surface area contributed by atoms with Crippen molar-refractivity contribution in [1.29, 1.82) is 0 Å². The molecular weight excluding hydrogens is 500 g/mol. The third-order valence-electron chi connectivity index (χ3n) is 6.32. The third-order valence-corrected chi connectivity index (χ3v) is 6.65. The van der Waals surface area contributed by atoms with Gasteiger partial charge < -0.3 is 14.2 Å². The maximum Gasteiger partial charge on any atom is 0.413 e. The molecule has 1 saturated carbocycles. The fourth-order valence-electron chi connectivity index (χ4n) is 4.44. The Hall–Kier alpha value is -2.81. The van der Waals surface area contributed by atoms with Gasteiger partial charge in [0.25, 0.3) is 0 Å². The van der Waals surface area contributed by atoms with Crippen molar-refractivity contribution >= 4 is 35.5 Å². The number of rotatable bonds is 8. The molecule has 1 aliphatic rings. The van der Waals surface area contributed by atoms with Crippen molar-refractivity contribution in [2.24, 2.45) is 5.92 Å². The van der Waals surface area contributed by atoms with Crippen LogP contribution in [0, 0.1) is 5.92 Å². The first-order chi connectivity index (χ1) is 17.2. The van der Waals surface area contributed by atoms with E-state index < -0.39 is 42.1 Å². The standard InChI is InChI=1S/C27H39ClN2O7/c1-18(2)16-21(29(6)24(33)37-26(3,4)5)23(32)35-17-36-25(34)30(7)27(15-11-10-14-22(27)31)19-12-8-9-13-20(19)28/h8-9,12-13,18,21H,10-11,14-17H2,1-7H3/t21-,27-/m0/s1. The number of ether oxygens (including phenoxy) is 3. The Bertz CT molecular complexity index is 991. The Morgan fingerprint density at radius 1 is 1.05 bits per heavy atom. The molecule has 0 N–H and O–H groups in total. The number of ketones is 1. The first kappa shape index (κ1) is 30.4. The van der Waals surface area contributed by atoms with Gasteiger partial charge in [0.2, 0.25) is 6.79 Å². The zero-order chi connectivity index (χ0) is 28.0. The van der Waals surface area contributed by atoms with Crippen LogP contribution >= 0.6 is 11.6 Å². The molecule has 10 heteroatoms. The van der Waals surface area contributed by atoms with Gasteiger partial charge in [-0.15, -0.1) is 0 Å². The quantitative estimate of drug-likeness (QED) is 0.316. The van der Waals surface area contributed by atoms with Gasteiger partial charge in [-0.3, -0.25) is 14.6 Å². The lowest BCUT2D eigenvalue weighted by atomic mass is 9.74. The second kappa shape index (κ2) is 12.6. The summed E-state index contributed by atoms with van der Waals surface area (Å²) in [4.78, 5) is 54.0. The molecule has 1 fully saturated rings. The van der Waals surface area contributed by atoms with Crippen LogP contribution in [-0.4, -0.2) is 66.3 Å². The van der Waals surface area contributed by atoms with E-state index in [1.165, 1.54) is 23.9 Å². The van der Waals surface area contributed by atoms with Crippen LogP contribution in [0.1, 0.15) is 72.3 Å². The van der Waals surface area contributed by atoms with Gasteiger partial charge in [0.05, 0.1) is 0 Å². The van der Waals surface area contributed by atoms with Crippen molar-refractivity contribution in [2.75, 3.05) is 20.9 Å². The summed E-state index contributed by atoms with van der Waals surface area (Å²) in [6, 6.07) is 6.00. The van der Waals surface area contributed by atoms with Gasteiger partial charge in [0.15, 0.2) is 5.78 Å². The van der Waals surface area contributed by atoms with Gasteiger partial charge in [-0.1, -0.05) is 43.6 Å². The Kier molecular flexibility index (Phi) is 10.4. The average molecular weight is 539 g/mol. The summed E-state index contributed by atoms with van der Waals surface area (Å²) in [6.07, 6.45) is 1.01. The maximum atomic E-state index is 13.2. The molecule has 1 aliphatic carbocycles. The highest BCUT2D eigenvalue weighted by Crippen LogP contribution is 2.42. The molecule has 1 aromatic carbocycles. The maximum absolute atomic E-state index is 13.2. The van der Waals surface area contributed by atoms with Gasteiger partial charge in [-0.05, 0) is 58.4 Å². The van der Waals surface area contributed by atoms with E-state index in [2.05, 4.69) is 0 Å². The van der Waals surface area contributed by atoms with Crippen LogP contribution in [0.25, 0.3) is 0 Å². The third kappa shape index (κ3) is 7.60. The zero-order valence-electron chi connectivity index (χ0n) is 22.8. The molecule has 9 nitrogen and oxygen atoms in total. The highest BCUT2D eigenvalue weighted by atomic mass is 35.5. The van der Waals surface area contributed by atoms with Crippen molar-refractivity contribution in [3.63, 3.8) is 0 Å². The van der Waals surface area contributed by atoms with Crippen LogP contribution in [0.5, 0.6) is 0 Å². The number of Topliss-reactive ketones (excluding diaryl/α,β-unsaturated/α-hetero) is 1. The van der Waals surface area contributed by atoms with E-state index in [4.69, 9.17) is 25.8 Å². The summed E-state index contributed by atoms with van der Waals surface area (Å²) in [5.74, 6) is -0.782. The highest BCUT2D eigenvalue weighted by molar-refractivity contribution is 6.31. The number of carbonyl (C=O) groups is 4. The normalized spacial score (nSPS) is 18.7. The van der Waals surface area contributed by atoms with Gasteiger partial charge >= 0.3 is 18.2 Å². The van der Waals surface area contributed by atoms with Crippen molar-refractivity contribution in [3.05, 3.63) is 34.9 Å². The van der Waals surface area contributed by atoms with E-state index in [1.807, 2.05) is 13.8 Å². The molecule has 0 radical (unpaired) electrons. The van der Waals surface area contributed by atoms with Crippen LogP contribution in [0.4, 0.5) is 9.59 Å². The molecule has 1 aromatic rings. The Morgan fingerprint density at radius 2 is 1.70 bits per heavy atom. The fourth-order valence-corrected chi connectivity index (χ4v) is 4.73. The molecule has 2 rings (SSSR count). The van der Waals surface area contributed by atoms with Gasteiger partial charge in [0, 0.05) is 31.1 Å². The van der Waals surface area contributed by atoms with E-state index in [9.17, 15) is 19.2 Å². The van der Waals surface area contributed by atoms with E-state index >= 15 is 0 Å². The molecule has 0 heterocycles. The molecule has 0 spiro atoms. The number of hydrogen-bond donors (Lipinski definition) is 0. The molecule has 37 heavy (non-hydrogen) atoms. The smallest absolute Gasteiger partial charge is 0.413 e. The molecule has 2 amide bonds. The van der Waals surface area contributed by atoms with Crippen LogP contribution in [0.15, 0.2) is 24.3 Å². The lowest BCUT2D eigenvalue weighted by Gasteiger charge is -2.43. The second-order valence-corrected chi connectivity index (χ2v) is 11.2. The fraction of sp³-hybridized carbons (Fsp3) is 0.630.